The summed E-state index contributed by atoms with van der Waals surface area (Å²) in [7, 11) is 0. The van der Waals surface area contributed by atoms with Crippen molar-refractivity contribution in [1.29, 1.82) is 0 Å². The molecule has 0 radical (unpaired) electrons. The van der Waals surface area contributed by atoms with E-state index in [1.807, 2.05) is 13.8 Å². The van der Waals surface area contributed by atoms with Crippen LogP contribution in [-0.2, 0) is 11.8 Å². The quantitative estimate of drug-likeness (QED) is 0.859. The molecule has 1 aliphatic rings. The van der Waals surface area contributed by atoms with Gasteiger partial charge in [-0.1, -0.05) is 37.1 Å². The first-order chi connectivity index (χ1) is 8.45. The van der Waals surface area contributed by atoms with Crippen molar-refractivity contribution in [2.24, 2.45) is 5.73 Å². The molecule has 0 aliphatic heterocycles. The highest BCUT2D eigenvalue weighted by atomic mass is 16.3. The molecule has 0 atom stereocenters. The maximum atomic E-state index is 9.83. The van der Waals surface area contributed by atoms with Gasteiger partial charge in [0, 0.05) is 18.4 Å². The normalized spacial score (nSPS) is 19.1. The minimum atomic E-state index is -0.638. The van der Waals surface area contributed by atoms with Crippen molar-refractivity contribution in [2.45, 2.75) is 57.0 Å². The van der Waals surface area contributed by atoms with Crippen LogP contribution in [0.2, 0.25) is 0 Å². The average Bonchev–Trinajstić information content (AvgIpc) is 2.77. The minimum absolute atomic E-state index is 0.216. The fourth-order valence-electron chi connectivity index (χ4n) is 3.14. The van der Waals surface area contributed by atoms with E-state index < -0.39 is 5.60 Å². The van der Waals surface area contributed by atoms with Crippen LogP contribution in [0, 0.1) is 0 Å². The van der Waals surface area contributed by atoms with Crippen LogP contribution in [0.4, 0.5) is 0 Å². The van der Waals surface area contributed by atoms with Crippen molar-refractivity contribution in [3.63, 3.8) is 0 Å². The van der Waals surface area contributed by atoms with E-state index >= 15 is 0 Å². The molecule has 0 saturated heterocycles. The Labute approximate surface area is 110 Å². The van der Waals surface area contributed by atoms with E-state index in [0.717, 1.165) is 6.54 Å². The molecule has 3 N–H and O–H groups in total. The summed E-state index contributed by atoms with van der Waals surface area (Å²) >= 11 is 0. The van der Waals surface area contributed by atoms with Gasteiger partial charge >= 0.3 is 0 Å². The van der Waals surface area contributed by atoms with Gasteiger partial charge in [0.05, 0.1) is 5.60 Å². The minimum Gasteiger partial charge on any atom is -0.390 e. The Hall–Kier alpha value is -0.860. The molecule has 0 amide bonds. The first-order valence-corrected chi connectivity index (χ1v) is 6.97. The van der Waals surface area contributed by atoms with Gasteiger partial charge in [0.25, 0.3) is 0 Å². The molecule has 18 heavy (non-hydrogen) atoms. The van der Waals surface area contributed by atoms with Gasteiger partial charge in [0.2, 0.25) is 0 Å². The van der Waals surface area contributed by atoms with Crippen molar-refractivity contribution in [1.82, 2.24) is 0 Å². The van der Waals surface area contributed by atoms with Gasteiger partial charge in [-0.25, -0.2) is 0 Å². The molecule has 1 aromatic rings. The van der Waals surface area contributed by atoms with Crippen LogP contribution in [0.5, 0.6) is 0 Å². The van der Waals surface area contributed by atoms with Gasteiger partial charge in [-0.05, 0) is 37.8 Å². The molecule has 0 spiro atoms. The molecule has 1 aliphatic carbocycles. The second-order valence-corrected chi connectivity index (χ2v) is 6.38. The zero-order valence-corrected chi connectivity index (χ0v) is 11.6. The summed E-state index contributed by atoms with van der Waals surface area (Å²) in [5.41, 5.74) is 8.15. The van der Waals surface area contributed by atoms with E-state index in [4.69, 9.17) is 5.73 Å². The summed E-state index contributed by atoms with van der Waals surface area (Å²) in [5, 5.41) is 9.83. The fourth-order valence-corrected chi connectivity index (χ4v) is 3.14. The summed E-state index contributed by atoms with van der Waals surface area (Å²) in [6.07, 6.45) is 5.72. The Balaban J connectivity index is 2.16. The Morgan fingerprint density at radius 2 is 1.72 bits per heavy atom. The average molecular weight is 247 g/mol. The lowest BCUT2D eigenvalue weighted by molar-refractivity contribution is 0.0810. The van der Waals surface area contributed by atoms with E-state index in [1.165, 1.54) is 36.8 Å². The number of hydrogen-bond donors (Lipinski definition) is 2. The van der Waals surface area contributed by atoms with E-state index in [9.17, 15) is 5.11 Å². The van der Waals surface area contributed by atoms with Gasteiger partial charge in [-0.2, -0.15) is 0 Å². The van der Waals surface area contributed by atoms with Gasteiger partial charge < -0.3 is 10.8 Å². The summed E-state index contributed by atoms with van der Waals surface area (Å²) in [6.45, 7) is 4.44. The maximum absolute atomic E-state index is 9.83. The lowest BCUT2D eigenvalue weighted by atomic mass is 9.78. The Morgan fingerprint density at radius 3 is 2.17 bits per heavy atom. The van der Waals surface area contributed by atoms with E-state index in [2.05, 4.69) is 24.3 Å². The van der Waals surface area contributed by atoms with Crippen molar-refractivity contribution in [2.75, 3.05) is 6.54 Å². The second kappa shape index (κ2) is 5.02. The zero-order valence-electron chi connectivity index (χ0n) is 11.6. The number of hydrogen-bond acceptors (Lipinski definition) is 2. The fraction of sp³-hybridized carbons (Fsp3) is 0.625. The van der Waals surface area contributed by atoms with Crippen molar-refractivity contribution >= 4 is 0 Å². The van der Waals surface area contributed by atoms with Crippen molar-refractivity contribution in [3.8, 4) is 0 Å². The standard InChI is InChI=1S/C16H25NO/c1-15(2,18)11-13-5-7-14(8-6-13)16(12-17)9-3-4-10-16/h5-8,18H,3-4,9-12,17H2,1-2H3. The molecule has 0 aromatic heterocycles. The SMILES string of the molecule is CC(C)(O)Cc1ccc(C2(CN)CCCC2)cc1. The Kier molecular flexibility index (Phi) is 3.79. The summed E-state index contributed by atoms with van der Waals surface area (Å²) in [4.78, 5) is 0. The van der Waals surface area contributed by atoms with Crippen LogP contribution < -0.4 is 5.73 Å². The Bertz CT molecular complexity index is 383. The molecular weight excluding hydrogens is 222 g/mol. The van der Waals surface area contributed by atoms with E-state index in [-0.39, 0.29) is 5.41 Å². The highest BCUT2D eigenvalue weighted by Gasteiger charge is 2.34. The molecule has 2 heteroatoms. The molecule has 100 valence electrons. The topological polar surface area (TPSA) is 46.2 Å². The summed E-state index contributed by atoms with van der Waals surface area (Å²) in [6, 6.07) is 8.70. The number of aliphatic hydroxyl groups is 1. The van der Waals surface area contributed by atoms with Gasteiger partial charge in [-0.15, -0.1) is 0 Å². The zero-order chi connectivity index (χ0) is 13.2. The first-order valence-electron chi connectivity index (χ1n) is 6.97. The van der Waals surface area contributed by atoms with Crippen molar-refractivity contribution in [3.05, 3.63) is 35.4 Å². The predicted octanol–water partition coefficient (Wildman–Crippen LogP) is 2.77. The van der Waals surface area contributed by atoms with Crippen LogP contribution >= 0.6 is 0 Å². The third kappa shape index (κ3) is 2.93. The largest absolute Gasteiger partial charge is 0.390 e. The van der Waals surface area contributed by atoms with Gasteiger partial charge in [0.1, 0.15) is 0 Å². The molecule has 0 heterocycles. The molecule has 1 aromatic carbocycles. The molecule has 1 saturated carbocycles. The van der Waals surface area contributed by atoms with Gasteiger partial charge in [0.15, 0.2) is 0 Å². The Morgan fingerprint density at radius 1 is 1.17 bits per heavy atom. The smallest absolute Gasteiger partial charge is 0.0631 e. The summed E-state index contributed by atoms with van der Waals surface area (Å²) in [5.74, 6) is 0. The van der Waals surface area contributed by atoms with Crippen LogP contribution in [0.1, 0.15) is 50.7 Å². The molecule has 2 nitrogen and oxygen atoms in total. The van der Waals surface area contributed by atoms with Crippen LogP contribution in [0.15, 0.2) is 24.3 Å². The maximum Gasteiger partial charge on any atom is 0.0631 e. The van der Waals surface area contributed by atoms with Crippen LogP contribution in [0.25, 0.3) is 0 Å². The van der Waals surface area contributed by atoms with Crippen LogP contribution in [-0.4, -0.2) is 17.3 Å². The second-order valence-electron chi connectivity index (χ2n) is 6.38. The van der Waals surface area contributed by atoms with Crippen LogP contribution in [0.3, 0.4) is 0 Å². The molecular formula is C16H25NO. The van der Waals surface area contributed by atoms with E-state index in [1.54, 1.807) is 0 Å². The van der Waals surface area contributed by atoms with Gasteiger partial charge in [-0.3, -0.25) is 0 Å². The molecule has 0 unspecified atom stereocenters. The highest BCUT2D eigenvalue weighted by Crippen LogP contribution is 2.40. The highest BCUT2D eigenvalue weighted by molar-refractivity contribution is 5.31. The lowest BCUT2D eigenvalue weighted by Crippen LogP contribution is -2.32. The molecule has 0 bridgehead atoms. The summed E-state index contributed by atoms with van der Waals surface area (Å²) < 4.78 is 0. The lowest BCUT2D eigenvalue weighted by Gasteiger charge is -2.28. The molecule has 2 rings (SSSR count). The third-order valence-electron chi connectivity index (χ3n) is 4.15. The third-order valence-corrected chi connectivity index (χ3v) is 4.15. The number of nitrogens with two attached hydrogens (primary N) is 1. The number of benzene rings is 1. The van der Waals surface area contributed by atoms with E-state index in [0.29, 0.717) is 6.42 Å². The predicted molar refractivity (Wildman–Crippen MR) is 75.6 cm³/mol. The molecule has 1 fully saturated rings. The first kappa shape index (κ1) is 13.6. The number of rotatable bonds is 4. The van der Waals surface area contributed by atoms with Crippen molar-refractivity contribution < 1.29 is 5.11 Å². The monoisotopic (exact) mass is 247 g/mol.